The van der Waals surface area contributed by atoms with Gasteiger partial charge in [-0.1, -0.05) is 18.2 Å². The first-order valence-electron chi connectivity index (χ1n) is 3.15. The predicted molar refractivity (Wildman–Crippen MR) is 42.2 cm³/mol. The van der Waals surface area contributed by atoms with Crippen LogP contribution in [0.3, 0.4) is 0 Å². The summed E-state index contributed by atoms with van der Waals surface area (Å²) in [6.45, 7) is 7.96. The smallest absolute Gasteiger partial charge is 0.00694 e. The molecule has 0 unspecified atom stereocenters. The average molecular weight is 125 g/mol. The molecule has 0 bridgehead atoms. The van der Waals surface area contributed by atoms with Gasteiger partial charge in [-0.15, -0.1) is 0 Å². The molecule has 0 saturated carbocycles. The summed E-state index contributed by atoms with van der Waals surface area (Å²) in [7, 11) is 1.89. The predicted octanol–water partition coefficient (Wildman–Crippen LogP) is 2.08. The third-order valence-corrected chi connectivity index (χ3v) is 1.11. The molecule has 1 nitrogen and oxygen atoms in total. The van der Waals surface area contributed by atoms with Gasteiger partial charge >= 0.3 is 0 Å². The van der Waals surface area contributed by atoms with E-state index in [9.17, 15) is 0 Å². The number of rotatable bonds is 3. The second-order valence-corrected chi connectivity index (χ2v) is 2.34. The molecule has 9 heavy (non-hydrogen) atoms. The van der Waals surface area contributed by atoms with E-state index in [0.717, 1.165) is 12.1 Å². The first kappa shape index (κ1) is 8.28. The molecule has 0 fully saturated rings. The van der Waals surface area contributed by atoms with E-state index < -0.39 is 0 Å². The molecule has 0 radical (unpaired) electrons. The lowest BCUT2D eigenvalue weighted by Crippen LogP contribution is -2.02. The summed E-state index contributed by atoms with van der Waals surface area (Å²) in [5.74, 6) is 0. The third-order valence-electron chi connectivity index (χ3n) is 1.11. The van der Waals surface area contributed by atoms with Crippen LogP contribution < -0.4 is 5.32 Å². The molecule has 0 spiro atoms. The molecule has 0 aliphatic heterocycles. The highest BCUT2D eigenvalue weighted by Gasteiger charge is 1.83. The fourth-order valence-electron chi connectivity index (χ4n) is 0.429. The Bertz CT molecular complexity index is 119. The third kappa shape index (κ3) is 5.15. The Morgan fingerprint density at radius 1 is 1.56 bits per heavy atom. The normalized spacial score (nSPS) is 8.33. The van der Waals surface area contributed by atoms with Gasteiger partial charge < -0.3 is 5.32 Å². The van der Waals surface area contributed by atoms with Crippen molar-refractivity contribution < 1.29 is 0 Å². The molecule has 0 rings (SSSR count). The molecule has 0 atom stereocenters. The molecule has 0 aliphatic carbocycles. The maximum Gasteiger partial charge on any atom is 0.00694 e. The maximum absolute atomic E-state index is 3.79. The van der Waals surface area contributed by atoms with Gasteiger partial charge in [0.2, 0.25) is 0 Å². The first-order chi connectivity index (χ1) is 4.16. The minimum Gasteiger partial charge on any atom is -0.392 e. The zero-order valence-corrected chi connectivity index (χ0v) is 6.49. The Balaban J connectivity index is 3.50. The van der Waals surface area contributed by atoms with Gasteiger partial charge in [0, 0.05) is 19.2 Å². The second kappa shape index (κ2) is 4.19. The maximum atomic E-state index is 3.79. The van der Waals surface area contributed by atoms with Crippen LogP contribution in [0.2, 0.25) is 0 Å². The summed E-state index contributed by atoms with van der Waals surface area (Å²) in [4.78, 5) is 0. The Morgan fingerprint density at radius 2 is 2.11 bits per heavy atom. The van der Waals surface area contributed by atoms with Crippen LogP contribution in [0, 0.1) is 0 Å². The Kier molecular flexibility index (Phi) is 3.85. The van der Waals surface area contributed by atoms with Gasteiger partial charge in [0.05, 0.1) is 0 Å². The number of nitrogens with one attached hydrogen (secondary N) is 1. The van der Waals surface area contributed by atoms with Crippen LogP contribution >= 0.6 is 0 Å². The van der Waals surface area contributed by atoms with Crippen LogP contribution in [0.1, 0.15) is 20.3 Å². The Labute approximate surface area is 57.5 Å². The molecular formula is C8H15N. The fraction of sp³-hybridized carbons (Fsp3) is 0.500. The van der Waals surface area contributed by atoms with Gasteiger partial charge in [0.1, 0.15) is 0 Å². The largest absolute Gasteiger partial charge is 0.392 e. The molecule has 1 N–H and O–H groups in total. The minimum atomic E-state index is 0.943. The van der Waals surface area contributed by atoms with Crippen molar-refractivity contribution in [3.63, 3.8) is 0 Å². The summed E-state index contributed by atoms with van der Waals surface area (Å²) in [5.41, 5.74) is 2.41. The van der Waals surface area contributed by atoms with E-state index in [-0.39, 0.29) is 0 Å². The zero-order chi connectivity index (χ0) is 7.28. The lowest BCUT2D eigenvalue weighted by Gasteiger charge is -1.98. The van der Waals surface area contributed by atoms with Crippen LogP contribution in [-0.2, 0) is 0 Å². The van der Waals surface area contributed by atoms with Crippen LogP contribution in [0.4, 0.5) is 0 Å². The average Bonchev–Trinajstić information content (AvgIpc) is 1.83. The monoisotopic (exact) mass is 125 g/mol. The van der Waals surface area contributed by atoms with Crippen molar-refractivity contribution in [3.8, 4) is 0 Å². The van der Waals surface area contributed by atoms with Gasteiger partial charge in [0.25, 0.3) is 0 Å². The summed E-state index contributed by atoms with van der Waals surface area (Å²) < 4.78 is 0. The van der Waals surface area contributed by atoms with Gasteiger partial charge in [0.15, 0.2) is 0 Å². The van der Waals surface area contributed by atoms with E-state index in [1.165, 1.54) is 5.57 Å². The highest BCUT2D eigenvalue weighted by atomic mass is 14.8. The molecule has 0 aromatic rings. The van der Waals surface area contributed by atoms with Gasteiger partial charge in [-0.25, -0.2) is 0 Å². The van der Waals surface area contributed by atoms with Crippen molar-refractivity contribution in [2.45, 2.75) is 20.3 Å². The lowest BCUT2D eigenvalue weighted by molar-refractivity contribution is 0.942. The van der Waals surface area contributed by atoms with Crippen molar-refractivity contribution in [2.24, 2.45) is 0 Å². The Morgan fingerprint density at radius 3 is 2.44 bits per heavy atom. The van der Waals surface area contributed by atoms with E-state index >= 15 is 0 Å². The summed E-state index contributed by atoms with van der Waals surface area (Å²) in [5, 5.41) is 2.98. The zero-order valence-electron chi connectivity index (χ0n) is 6.49. The van der Waals surface area contributed by atoms with Crippen molar-refractivity contribution in [1.82, 2.24) is 5.32 Å². The van der Waals surface area contributed by atoms with Gasteiger partial charge in [-0.3, -0.25) is 0 Å². The van der Waals surface area contributed by atoms with Gasteiger partial charge in [-0.05, 0) is 13.8 Å². The van der Waals surface area contributed by atoms with Gasteiger partial charge in [-0.2, -0.15) is 0 Å². The van der Waals surface area contributed by atoms with Crippen LogP contribution in [0.25, 0.3) is 0 Å². The molecule has 0 saturated heterocycles. The summed E-state index contributed by atoms with van der Waals surface area (Å²) >= 11 is 0. The number of allylic oxidation sites excluding steroid dienone is 2. The molecule has 0 aromatic carbocycles. The van der Waals surface area contributed by atoms with Crippen molar-refractivity contribution in [3.05, 3.63) is 23.9 Å². The second-order valence-electron chi connectivity index (χ2n) is 2.34. The van der Waals surface area contributed by atoms with Crippen LogP contribution in [0.5, 0.6) is 0 Å². The fourth-order valence-corrected chi connectivity index (χ4v) is 0.429. The first-order valence-corrected chi connectivity index (χ1v) is 3.15. The minimum absolute atomic E-state index is 0.943. The topological polar surface area (TPSA) is 12.0 Å². The standard InChI is InChI=1S/C8H15N/c1-7(2)5-6-8(3)9-4/h5,9H,3,6H2,1-2,4H3. The van der Waals surface area contributed by atoms with Crippen LogP contribution in [0.15, 0.2) is 23.9 Å². The van der Waals surface area contributed by atoms with E-state index in [4.69, 9.17) is 0 Å². The molecular weight excluding hydrogens is 110 g/mol. The highest BCUT2D eigenvalue weighted by Crippen LogP contribution is 1.97. The quantitative estimate of drug-likeness (QED) is 0.569. The molecule has 0 aliphatic rings. The molecule has 0 aromatic heterocycles. The Hall–Kier alpha value is -0.720. The number of hydrogen-bond acceptors (Lipinski definition) is 1. The summed E-state index contributed by atoms with van der Waals surface area (Å²) in [6, 6.07) is 0. The van der Waals surface area contributed by atoms with Crippen LogP contribution in [-0.4, -0.2) is 7.05 Å². The summed E-state index contributed by atoms with van der Waals surface area (Å²) in [6.07, 6.45) is 3.09. The molecule has 0 amide bonds. The van der Waals surface area contributed by atoms with E-state index in [2.05, 4.69) is 31.8 Å². The van der Waals surface area contributed by atoms with E-state index in [0.29, 0.717) is 0 Å². The molecule has 0 heterocycles. The van der Waals surface area contributed by atoms with Crippen molar-refractivity contribution >= 4 is 0 Å². The SMILES string of the molecule is C=C(CC=C(C)C)NC. The molecule has 1 heteroatoms. The highest BCUT2D eigenvalue weighted by molar-refractivity contribution is 5.03. The van der Waals surface area contributed by atoms with Crippen molar-refractivity contribution in [1.29, 1.82) is 0 Å². The van der Waals surface area contributed by atoms with E-state index in [1.807, 2.05) is 7.05 Å². The van der Waals surface area contributed by atoms with E-state index in [1.54, 1.807) is 0 Å². The molecule has 52 valence electrons. The van der Waals surface area contributed by atoms with Crippen molar-refractivity contribution in [2.75, 3.05) is 7.05 Å². The number of hydrogen-bond donors (Lipinski definition) is 1. The lowest BCUT2D eigenvalue weighted by atomic mass is 10.2.